The van der Waals surface area contributed by atoms with Gasteiger partial charge in [0.25, 0.3) is 11.8 Å². The van der Waals surface area contributed by atoms with E-state index in [4.69, 9.17) is 15.2 Å². The molecule has 14 nitrogen and oxygen atoms in total. The second-order valence-electron chi connectivity index (χ2n) is 4.94. The fourth-order valence-electron chi connectivity index (χ4n) is 2.26. The zero-order chi connectivity index (χ0) is 19.6. The molecule has 2 heterocycles. The molecule has 0 aliphatic carbocycles. The fourth-order valence-corrected chi connectivity index (χ4v) is 3.10. The van der Waals surface area contributed by atoms with Crippen LogP contribution in [0.15, 0.2) is 16.9 Å². The van der Waals surface area contributed by atoms with Gasteiger partial charge in [-0.25, -0.2) is 10.6 Å². The number of hydrogen-bond acceptors (Lipinski definition) is 11. The van der Waals surface area contributed by atoms with Crippen molar-refractivity contribution in [2.75, 3.05) is 20.8 Å². The molecule has 15 heteroatoms. The van der Waals surface area contributed by atoms with Crippen molar-refractivity contribution in [2.45, 2.75) is 12.1 Å². The van der Waals surface area contributed by atoms with Crippen LogP contribution in [0.5, 0.6) is 0 Å². The van der Waals surface area contributed by atoms with Crippen LogP contribution in [0.1, 0.15) is 0 Å². The van der Waals surface area contributed by atoms with E-state index in [1.165, 1.54) is 6.20 Å². The summed E-state index contributed by atoms with van der Waals surface area (Å²) in [4.78, 5) is 45.5. The normalized spacial score (nSPS) is 23.3. The molecule has 0 unspecified atom stereocenters. The molecule has 2 aliphatic rings. The number of carbonyl (C=O) groups is 3. The minimum Gasteiger partial charge on any atom is -0.467 e. The Morgan fingerprint density at radius 3 is 2.58 bits per heavy atom. The van der Waals surface area contributed by atoms with E-state index < -0.39 is 40.2 Å². The highest BCUT2D eigenvalue weighted by atomic mass is 32.2. The van der Waals surface area contributed by atoms with Crippen LogP contribution in [0.3, 0.4) is 0 Å². The highest BCUT2D eigenvalue weighted by Crippen LogP contribution is 2.25. The number of oxime groups is 1. The highest BCUT2D eigenvalue weighted by molar-refractivity contribution is 7.84. The van der Waals surface area contributed by atoms with Crippen molar-refractivity contribution >= 4 is 33.8 Å². The number of carbonyl (C=O) groups excluding carboxylic acids is 3. The van der Waals surface area contributed by atoms with E-state index in [1.807, 2.05) is 0 Å². The van der Waals surface area contributed by atoms with Gasteiger partial charge in [-0.05, 0) is 0 Å². The number of hydroxylamine groups is 1. The van der Waals surface area contributed by atoms with Crippen LogP contribution in [-0.4, -0.2) is 78.9 Å². The van der Waals surface area contributed by atoms with E-state index in [0.29, 0.717) is 0 Å². The van der Waals surface area contributed by atoms with Crippen LogP contribution in [0, 0.1) is 0 Å². The van der Waals surface area contributed by atoms with E-state index in [2.05, 4.69) is 20.0 Å². The molecule has 2 rings (SSSR count). The van der Waals surface area contributed by atoms with Gasteiger partial charge in [0.2, 0.25) is 0 Å². The Morgan fingerprint density at radius 2 is 2.12 bits per heavy atom. The summed E-state index contributed by atoms with van der Waals surface area (Å²) < 4.78 is 35.8. The largest absolute Gasteiger partial charge is 0.467 e. The summed E-state index contributed by atoms with van der Waals surface area (Å²) in [6.45, 7) is -0.123. The molecule has 0 aromatic heterocycles. The van der Waals surface area contributed by atoms with E-state index in [0.717, 1.165) is 19.4 Å². The summed E-state index contributed by atoms with van der Waals surface area (Å²) in [6.07, 6.45) is 1.22. The average molecular weight is 393 g/mol. The second kappa shape index (κ2) is 7.24. The third kappa shape index (κ3) is 3.59. The minimum absolute atomic E-state index is 0.101. The van der Waals surface area contributed by atoms with Gasteiger partial charge < -0.3 is 14.9 Å². The molecular formula is C11H15N5O9S. The molecule has 2 amide bonds. The Balaban J connectivity index is 2.23. The lowest BCUT2D eigenvalue weighted by Crippen LogP contribution is -2.74. The van der Waals surface area contributed by atoms with Crippen LogP contribution in [0.2, 0.25) is 0 Å². The summed E-state index contributed by atoms with van der Waals surface area (Å²) >= 11 is 0. The standard InChI is InChI=1S/C11H15N5O9S/c1-23-11(19)8-7(10(18)16(8)26(20,21)22)13-9(17)6(14-24-2)5-3-15(12)25-4-5/h3,7-8H,4,12H2,1-2H3,(H,13,17)(H,20,21,22)/t7-,8-/m1/s1. The number of hydrazine groups is 1. The van der Waals surface area contributed by atoms with E-state index in [1.54, 1.807) is 0 Å². The van der Waals surface area contributed by atoms with Crippen molar-refractivity contribution in [3.05, 3.63) is 11.8 Å². The maximum absolute atomic E-state index is 12.4. The van der Waals surface area contributed by atoms with Crippen molar-refractivity contribution in [1.82, 2.24) is 14.8 Å². The molecule has 2 aliphatic heterocycles. The summed E-state index contributed by atoms with van der Waals surface area (Å²) in [7, 11) is -2.91. The maximum Gasteiger partial charge on any atom is 0.363 e. The number of hydrogen-bond donors (Lipinski definition) is 3. The molecule has 144 valence electrons. The summed E-state index contributed by atoms with van der Waals surface area (Å²) in [6, 6.07) is -3.37. The van der Waals surface area contributed by atoms with Crippen molar-refractivity contribution in [3.8, 4) is 0 Å². The average Bonchev–Trinajstić information content (AvgIpc) is 2.98. The number of β-lactam (4-membered cyclic amide) rings is 1. The first-order valence-electron chi connectivity index (χ1n) is 6.80. The SMILES string of the molecule is CON=C(C(=O)N[C@H]1C(=O)N(S(=O)(=O)O)[C@H]1C(=O)OC)C1=CN(N)OC1. The van der Waals surface area contributed by atoms with Gasteiger partial charge in [-0.15, -0.1) is 0 Å². The van der Waals surface area contributed by atoms with Crippen molar-refractivity contribution < 1.29 is 41.8 Å². The predicted molar refractivity (Wildman–Crippen MR) is 80.6 cm³/mol. The molecule has 0 saturated carbocycles. The van der Waals surface area contributed by atoms with Gasteiger partial charge in [0.15, 0.2) is 11.8 Å². The molecule has 0 bridgehead atoms. The topological polar surface area (TPSA) is 190 Å². The van der Waals surface area contributed by atoms with Crippen molar-refractivity contribution in [1.29, 1.82) is 0 Å². The van der Waals surface area contributed by atoms with Crippen LogP contribution in [0.25, 0.3) is 0 Å². The lowest BCUT2D eigenvalue weighted by Gasteiger charge is -2.41. The molecule has 0 aromatic carbocycles. The van der Waals surface area contributed by atoms with E-state index in [-0.39, 0.29) is 22.2 Å². The first-order chi connectivity index (χ1) is 12.1. The molecule has 2 atom stereocenters. The number of nitrogens with two attached hydrogens (primary N) is 1. The number of nitrogens with zero attached hydrogens (tertiary/aromatic N) is 3. The number of rotatable bonds is 6. The van der Waals surface area contributed by atoms with Crippen molar-refractivity contribution in [3.63, 3.8) is 0 Å². The molecular weight excluding hydrogens is 378 g/mol. The Bertz CT molecular complexity index is 792. The highest BCUT2D eigenvalue weighted by Gasteiger charge is 2.58. The Kier molecular flexibility index (Phi) is 5.45. The third-order valence-corrected chi connectivity index (χ3v) is 4.29. The molecule has 1 saturated heterocycles. The monoisotopic (exact) mass is 393 g/mol. The maximum atomic E-state index is 12.4. The van der Waals surface area contributed by atoms with Gasteiger partial charge in [-0.3, -0.25) is 19.0 Å². The second-order valence-corrected chi connectivity index (χ2v) is 6.23. The van der Waals surface area contributed by atoms with Gasteiger partial charge in [-0.2, -0.15) is 17.9 Å². The van der Waals surface area contributed by atoms with Crippen LogP contribution in [0.4, 0.5) is 0 Å². The summed E-state index contributed by atoms with van der Waals surface area (Å²) in [5, 5.41) is 6.46. The lowest BCUT2D eigenvalue weighted by molar-refractivity contribution is -0.162. The number of ether oxygens (including phenoxy) is 1. The number of amides is 2. The minimum atomic E-state index is -5.02. The van der Waals surface area contributed by atoms with Crippen molar-refractivity contribution in [2.24, 2.45) is 11.0 Å². The van der Waals surface area contributed by atoms with Crippen LogP contribution < -0.4 is 11.2 Å². The van der Waals surface area contributed by atoms with Crippen LogP contribution in [-0.2, 0) is 39.1 Å². The third-order valence-electron chi connectivity index (χ3n) is 3.38. The van der Waals surface area contributed by atoms with Gasteiger partial charge in [0.05, 0.1) is 13.3 Å². The number of nitrogens with one attached hydrogen (secondary N) is 1. The predicted octanol–water partition coefficient (Wildman–Crippen LogP) is -3.33. The molecule has 4 N–H and O–H groups in total. The van der Waals surface area contributed by atoms with Gasteiger partial charge in [-0.1, -0.05) is 5.16 Å². The van der Waals surface area contributed by atoms with Gasteiger partial charge in [0.1, 0.15) is 19.8 Å². The van der Waals surface area contributed by atoms with Gasteiger partial charge >= 0.3 is 16.3 Å². The first kappa shape index (κ1) is 19.6. The fraction of sp³-hybridized carbons (Fsp3) is 0.455. The Hall–Kier alpha value is -2.75. The zero-order valence-electron chi connectivity index (χ0n) is 13.5. The molecule has 0 spiro atoms. The quantitative estimate of drug-likeness (QED) is 0.102. The van der Waals surface area contributed by atoms with E-state index in [9.17, 15) is 22.8 Å². The number of methoxy groups -OCH3 is 1. The number of esters is 1. The summed E-state index contributed by atoms with van der Waals surface area (Å²) in [5.74, 6) is 1.99. The molecule has 26 heavy (non-hydrogen) atoms. The van der Waals surface area contributed by atoms with Crippen LogP contribution >= 0.6 is 0 Å². The molecule has 0 aromatic rings. The molecule has 0 radical (unpaired) electrons. The smallest absolute Gasteiger partial charge is 0.363 e. The lowest BCUT2D eigenvalue weighted by atomic mass is 9.98. The summed E-state index contributed by atoms with van der Waals surface area (Å²) in [5.41, 5.74) is -0.123. The van der Waals surface area contributed by atoms with Gasteiger partial charge in [0, 0.05) is 5.57 Å². The Labute approximate surface area is 146 Å². The zero-order valence-corrected chi connectivity index (χ0v) is 14.3. The first-order valence-corrected chi connectivity index (χ1v) is 8.20. The Morgan fingerprint density at radius 1 is 1.46 bits per heavy atom. The molecule has 1 fully saturated rings. The van der Waals surface area contributed by atoms with E-state index >= 15 is 0 Å².